The molecule has 0 spiro atoms. The molecule has 6 heteroatoms. The molecule has 2 aliphatic rings. The Morgan fingerprint density at radius 2 is 1.71 bits per heavy atom. The third-order valence-corrected chi connectivity index (χ3v) is 2.92. The van der Waals surface area contributed by atoms with Crippen molar-refractivity contribution in [1.29, 1.82) is 0 Å². The number of rotatable bonds is 0. The Hall–Kier alpha value is -0.780. The van der Waals surface area contributed by atoms with Crippen LogP contribution in [0.3, 0.4) is 0 Å². The van der Waals surface area contributed by atoms with Crippen LogP contribution in [0.2, 0.25) is 0 Å². The van der Waals surface area contributed by atoms with Crippen LogP contribution in [0.5, 0.6) is 0 Å². The molecular weight excluding hydrogens is 197 g/mol. The van der Waals surface area contributed by atoms with Crippen molar-refractivity contribution >= 4 is 5.91 Å². The molecule has 0 aromatic rings. The van der Waals surface area contributed by atoms with Gasteiger partial charge in [-0.25, -0.2) is 0 Å². The summed E-state index contributed by atoms with van der Waals surface area (Å²) in [5.41, 5.74) is 0. The summed E-state index contributed by atoms with van der Waals surface area (Å²) in [6.07, 6.45) is -4.72. The van der Waals surface area contributed by atoms with Crippen molar-refractivity contribution in [2.24, 2.45) is 11.8 Å². The molecule has 0 radical (unpaired) electrons. The summed E-state index contributed by atoms with van der Waals surface area (Å²) in [4.78, 5) is 11.8. The monoisotopic (exact) mass is 208 g/mol. The van der Waals surface area contributed by atoms with Crippen LogP contribution in [-0.4, -0.2) is 43.2 Å². The minimum absolute atomic E-state index is 0.210. The zero-order valence-electron chi connectivity index (χ0n) is 7.47. The van der Waals surface area contributed by atoms with Gasteiger partial charge in [0.05, 0.1) is 0 Å². The van der Waals surface area contributed by atoms with E-state index >= 15 is 0 Å². The molecule has 0 aliphatic carbocycles. The maximum absolute atomic E-state index is 12.1. The van der Waals surface area contributed by atoms with Crippen LogP contribution < -0.4 is 5.32 Å². The number of fused-ring (bicyclic) bond motifs is 1. The van der Waals surface area contributed by atoms with Crippen molar-refractivity contribution in [2.45, 2.75) is 6.18 Å². The van der Waals surface area contributed by atoms with Gasteiger partial charge in [-0.3, -0.25) is 4.79 Å². The molecule has 0 saturated carbocycles. The van der Waals surface area contributed by atoms with Gasteiger partial charge in [0, 0.05) is 26.2 Å². The standard InChI is InChI=1S/C8H11F3N2O/c9-8(10,11)7(14)13-3-5-1-12-2-6(5)4-13/h5-6,12H,1-4H2/t5-,6+. The Bertz CT molecular complexity index is 241. The first kappa shape index (κ1) is 9.76. The maximum Gasteiger partial charge on any atom is 0.471 e. The lowest BCUT2D eigenvalue weighted by Crippen LogP contribution is -2.41. The van der Waals surface area contributed by atoms with Gasteiger partial charge >= 0.3 is 12.1 Å². The number of carbonyl (C=O) groups excluding carboxylic acids is 1. The fourth-order valence-electron chi connectivity index (χ4n) is 2.20. The van der Waals surface area contributed by atoms with Gasteiger partial charge < -0.3 is 10.2 Å². The Morgan fingerprint density at radius 1 is 1.21 bits per heavy atom. The number of nitrogens with one attached hydrogen (secondary N) is 1. The van der Waals surface area contributed by atoms with Crippen molar-refractivity contribution in [3.05, 3.63) is 0 Å². The molecule has 1 N–H and O–H groups in total. The van der Waals surface area contributed by atoms with Gasteiger partial charge in [-0.05, 0) is 11.8 Å². The molecular formula is C8H11F3N2O. The molecule has 2 aliphatic heterocycles. The summed E-state index contributed by atoms with van der Waals surface area (Å²) >= 11 is 0. The summed E-state index contributed by atoms with van der Waals surface area (Å²) in [5, 5.41) is 3.10. The smallest absolute Gasteiger partial charge is 0.334 e. The number of nitrogens with zero attached hydrogens (tertiary/aromatic N) is 1. The average Bonchev–Trinajstić information content (AvgIpc) is 2.58. The molecule has 1 amide bonds. The summed E-state index contributed by atoms with van der Waals surface area (Å²) in [7, 11) is 0. The van der Waals surface area contributed by atoms with Gasteiger partial charge in [0.1, 0.15) is 0 Å². The molecule has 2 rings (SSSR count). The number of hydrogen-bond donors (Lipinski definition) is 1. The molecule has 2 saturated heterocycles. The van der Waals surface area contributed by atoms with Crippen molar-refractivity contribution in [1.82, 2.24) is 10.2 Å². The molecule has 0 bridgehead atoms. The van der Waals surface area contributed by atoms with Crippen LogP contribution in [0, 0.1) is 11.8 Å². The zero-order chi connectivity index (χ0) is 10.3. The second-order valence-corrected chi connectivity index (χ2v) is 3.89. The van der Waals surface area contributed by atoms with E-state index in [0.29, 0.717) is 0 Å². The highest BCUT2D eigenvalue weighted by Crippen LogP contribution is 2.29. The van der Waals surface area contributed by atoms with Crippen LogP contribution in [0.4, 0.5) is 13.2 Å². The Balaban J connectivity index is 1.99. The van der Waals surface area contributed by atoms with E-state index in [1.165, 1.54) is 0 Å². The Morgan fingerprint density at radius 3 is 2.14 bits per heavy atom. The summed E-state index contributed by atoms with van der Waals surface area (Å²) in [5.74, 6) is -1.27. The topological polar surface area (TPSA) is 32.3 Å². The van der Waals surface area contributed by atoms with Crippen molar-refractivity contribution in [3.8, 4) is 0 Å². The lowest BCUT2D eigenvalue weighted by Gasteiger charge is -2.18. The molecule has 0 aromatic heterocycles. The number of alkyl halides is 3. The molecule has 0 aromatic carbocycles. The van der Waals surface area contributed by atoms with E-state index in [-0.39, 0.29) is 24.9 Å². The van der Waals surface area contributed by atoms with Gasteiger partial charge in [0.25, 0.3) is 0 Å². The molecule has 14 heavy (non-hydrogen) atoms. The molecule has 3 nitrogen and oxygen atoms in total. The number of amides is 1. The first-order valence-electron chi connectivity index (χ1n) is 4.55. The first-order valence-corrected chi connectivity index (χ1v) is 4.55. The van der Waals surface area contributed by atoms with Crippen LogP contribution in [0.1, 0.15) is 0 Å². The number of likely N-dealkylation sites (tertiary alicyclic amines) is 1. The lowest BCUT2D eigenvalue weighted by atomic mass is 10.0. The fourth-order valence-corrected chi connectivity index (χ4v) is 2.20. The van der Waals surface area contributed by atoms with Crippen LogP contribution in [0.25, 0.3) is 0 Å². The van der Waals surface area contributed by atoms with Gasteiger partial charge in [-0.15, -0.1) is 0 Å². The van der Waals surface area contributed by atoms with E-state index in [4.69, 9.17) is 0 Å². The van der Waals surface area contributed by atoms with E-state index < -0.39 is 12.1 Å². The zero-order valence-corrected chi connectivity index (χ0v) is 7.47. The Kier molecular flexibility index (Phi) is 2.17. The van der Waals surface area contributed by atoms with Crippen LogP contribution in [-0.2, 0) is 4.79 Å². The lowest BCUT2D eigenvalue weighted by molar-refractivity contribution is -0.184. The summed E-state index contributed by atoms with van der Waals surface area (Å²) < 4.78 is 36.2. The minimum atomic E-state index is -4.72. The largest absolute Gasteiger partial charge is 0.471 e. The molecule has 2 atom stereocenters. The minimum Gasteiger partial charge on any atom is -0.334 e. The maximum atomic E-state index is 12.1. The quantitative estimate of drug-likeness (QED) is 0.618. The highest BCUT2D eigenvalue weighted by atomic mass is 19.4. The highest BCUT2D eigenvalue weighted by molar-refractivity contribution is 5.82. The number of hydrogen-bond acceptors (Lipinski definition) is 2. The average molecular weight is 208 g/mol. The van der Waals surface area contributed by atoms with Crippen molar-refractivity contribution in [2.75, 3.05) is 26.2 Å². The highest BCUT2D eigenvalue weighted by Gasteiger charge is 2.47. The third kappa shape index (κ3) is 1.58. The second-order valence-electron chi connectivity index (χ2n) is 3.89. The van der Waals surface area contributed by atoms with E-state index in [9.17, 15) is 18.0 Å². The summed E-state index contributed by atoms with van der Waals surface area (Å²) in [6, 6.07) is 0. The van der Waals surface area contributed by atoms with Crippen molar-refractivity contribution < 1.29 is 18.0 Å². The SMILES string of the molecule is O=C(N1C[C@H]2CNC[C@H]2C1)C(F)(F)F. The van der Waals surface area contributed by atoms with E-state index in [1.807, 2.05) is 0 Å². The van der Waals surface area contributed by atoms with Crippen LogP contribution in [0.15, 0.2) is 0 Å². The normalized spacial score (nSPS) is 32.1. The van der Waals surface area contributed by atoms with Gasteiger partial charge in [-0.1, -0.05) is 0 Å². The third-order valence-electron chi connectivity index (χ3n) is 2.92. The molecule has 2 fully saturated rings. The predicted molar refractivity (Wildman–Crippen MR) is 42.5 cm³/mol. The number of halogens is 3. The molecule has 2 heterocycles. The second kappa shape index (κ2) is 3.12. The van der Waals surface area contributed by atoms with Crippen molar-refractivity contribution in [3.63, 3.8) is 0 Å². The first-order chi connectivity index (χ1) is 6.48. The molecule has 80 valence electrons. The fraction of sp³-hybridized carbons (Fsp3) is 0.875. The van der Waals surface area contributed by atoms with Gasteiger partial charge in [0.2, 0.25) is 0 Å². The van der Waals surface area contributed by atoms with E-state index in [2.05, 4.69) is 5.32 Å². The van der Waals surface area contributed by atoms with Crippen LogP contribution >= 0.6 is 0 Å². The predicted octanol–water partition coefficient (Wildman–Crippen LogP) is 0.226. The summed E-state index contributed by atoms with van der Waals surface area (Å²) in [6.45, 7) is 1.95. The Labute approximate surface area is 79.3 Å². The van der Waals surface area contributed by atoms with E-state index in [1.54, 1.807) is 0 Å². The van der Waals surface area contributed by atoms with Gasteiger partial charge in [0.15, 0.2) is 0 Å². The van der Waals surface area contributed by atoms with E-state index in [0.717, 1.165) is 18.0 Å². The number of carbonyl (C=O) groups is 1. The van der Waals surface area contributed by atoms with Gasteiger partial charge in [-0.2, -0.15) is 13.2 Å². The molecule has 0 unspecified atom stereocenters.